The van der Waals surface area contributed by atoms with Gasteiger partial charge in [0.25, 0.3) is 11.8 Å². The van der Waals surface area contributed by atoms with Crippen LogP contribution >= 0.6 is 11.6 Å². The van der Waals surface area contributed by atoms with Gasteiger partial charge >= 0.3 is 0 Å². The van der Waals surface area contributed by atoms with Crippen molar-refractivity contribution in [3.8, 4) is 5.75 Å². The molecule has 1 unspecified atom stereocenters. The van der Waals surface area contributed by atoms with Crippen LogP contribution in [-0.4, -0.2) is 40.0 Å². The first-order chi connectivity index (χ1) is 15.5. The molecule has 3 aromatic rings. The Bertz CT molecular complexity index is 1150. The fourth-order valence-corrected chi connectivity index (χ4v) is 4.56. The van der Waals surface area contributed by atoms with Gasteiger partial charge in [0.05, 0.1) is 11.7 Å². The van der Waals surface area contributed by atoms with E-state index in [0.29, 0.717) is 22.9 Å². The summed E-state index contributed by atoms with van der Waals surface area (Å²) < 4.78 is 5.72. The summed E-state index contributed by atoms with van der Waals surface area (Å²) >= 11 is 6.01. The number of rotatable bonds is 4. The third kappa shape index (κ3) is 4.39. The number of ether oxygens (including phenoxy) is 1. The summed E-state index contributed by atoms with van der Waals surface area (Å²) in [6, 6.07) is 11.0. The monoisotopic (exact) mass is 450 g/mol. The molecule has 0 radical (unpaired) electrons. The number of fused-ring (bicyclic) bond motifs is 2. The van der Waals surface area contributed by atoms with Gasteiger partial charge in [0.15, 0.2) is 6.10 Å². The second-order valence-corrected chi connectivity index (χ2v) is 8.79. The van der Waals surface area contributed by atoms with E-state index in [4.69, 9.17) is 16.3 Å². The molecule has 1 saturated carbocycles. The van der Waals surface area contributed by atoms with Crippen LogP contribution in [-0.2, 0) is 11.2 Å². The summed E-state index contributed by atoms with van der Waals surface area (Å²) in [5.74, 6) is 0.415. The van der Waals surface area contributed by atoms with Gasteiger partial charge in [-0.2, -0.15) is 0 Å². The van der Waals surface area contributed by atoms with E-state index in [-0.39, 0.29) is 23.9 Å². The Labute approximate surface area is 190 Å². The van der Waals surface area contributed by atoms with E-state index >= 15 is 0 Å². The molecule has 5 rings (SSSR count). The molecule has 3 heterocycles. The molecule has 2 aliphatic rings. The Hall–Kier alpha value is -3.19. The lowest BCUT2D eigenvalue weighted by molar-refractivity contribution is -0.128. The van der Waals surface area contributed by atoms with E-state index in [1.54, 1.807) is 24.5 Å². The number of benzene rings is 1. The number of halogens is 1. The molecule has 0 saturated heterocycles. The van der Waals surface area contributed by atoms with Crippen molar-refractivity contribution >= 4 is 34.3 Å². The van der Waals surface area contributed by atoms with E-state index in [0.717, 1.165) is 42.1 Å². The lowest BCUT2D eigenvalue weighted by atomic mass is 9.91. The van der Waals surface area contributed by atoms with Crippen LogP contribution in [0.4, 0.5) is 0 Å². The van der Waals surface area contributed by atoms with Gasteiger partial charge in [-0.25, -0.2) is 4.98 Å². The molecule has 0 bridgehead atoms. The Morgan fingerprint density at radius 1 is 1.00 bits per heavy atom. The summed E-state index contributed by atoms with van der Waals surface area (Å²) in [4.78, 5) is 33.8. The third-order valence-corrected chi connectivity index (χ3v) is 6.36. The standard InChI is InChI=1S/C24H23ClN4O3/c25-16-2-8-19-14(11-16)1-7-20(29-19)23(30)27-17-3-5-18(6-4-17)28-24(31)21-12-15-9-10-26-13-22(15)32-21/h1-2,7-11,13,17-18,21H,3-6,12H2,(H,27,30)(H,28,31)/t17-,18-,21?. The first kappa shape index (κ1) is 20.7. The zero-order valence-corrected chi connectivity index (χ0v) is 18.1. The molecule has 1 aromatic carbocycles. The van der Waals surface area contributed by atoms with E-state index in [2.05, 4.69) is 20.6 Å². The highest BCUT2D eigenvalue weighted by atomic mass is 35.5. The largest absolute Gasteiger partial charge is 0.478 e. The summed E-state index contributed by atoms with van der Waals surface area (Å²) in [7, 11) is 0. The Morgan fingerprint density at radius 2 is 1.78 bits per heavy atom. The normalized spacial score (nSPS) is 22.1. The van der Waals surface area contributed by atoms with Crippen LogP contribution in [0.25, 0.3) is 10.9 Å². The Morgan fingerprint density at radius 3 is 2.56 bits per heavy atom. The summed E-state index contributed by atoms with van der Waals surface area (Å²) in [6.45, 7) is 0. The van der Waals surface area contributed by atoms with Gasteiger partial charge in [0.2, 0.25) is 0 Å². The maximum absolute atomic E-state index is 12.7. The van der Waals surface area contributed by atoms with Crippen molar-refractivity contribution in [2.45, 2.75) is 50.3 Å². The first-order valence-electron chi connectivity index (χ1n) is 10.8. The molecule has 2 amide bonds. The quantitative estimate of drug-likeness (QED) is 0.635. The molecule has 1 aliphatic carbocycles. The lowest BCUT2D eigenvalue weighted by Gasteiger charge is -2.30. The zero-order chi connectivity index (χ0) is 22.1. The predicted molar refractivity (Wildman–Crippen MR) is 121 cm³/mol. The summed E-state index contributed by atoms with van der Waals surface area (Å²) in [5, 5.41) is 7.73. The molecule has 0 spiro atoms. The number of pyridine rings is 2. The average Bonchev–Trinajstić information content (AvgIpc) is 3.24. The van der Waals surface area contributed by atoms with Crippen molar-refractivity contribution in [1.82, 2.24) is 20.6 Å². The van der Waals surface area contributed by atoms with Gasteiger partial charge in [-0.15, -0.1) is 0 Å². The van der Waals surface area contributed by atoms with Gasteiger partial charge in [0.1, 0.15) is 11.4 Å². The number of nitrogens with one attached hydrogen (secondary N) is 2. The number of amides is 2. The van der Waals surface area contributed by atoms with E-state index in [1.165, 1.54) is 0 Å². The molecule has 164 valence electrons. The van der Waals surface area contributed by atoms with Crippen LogP contribution in [0.1, 0.15) is 41.7 Å². The molecule has 2 aromatic heterocycles. The van der Waals surface area contributed by atoms with Crippen LogP contribution < -0.4 is 15.4 Å². The molecular weight excluding hydrogens is 428 g/mol. The van der Waals surface area contributed by atoms with Crippen molar-refractivity contribution in [3.63, 3.8) is 0 Å². The summed E-state index contributed by atoms with van der Waals surface area (Å²) in [5.41, 5.74) is 2.14. The lowest BCUT2D eigenvalue weighted by Crippen LogP contribution is -2.47. The van der Waals surface area contributed by atoms with Gasteiger partial charge in [0, 0.05) is 40.7 Å². The highest BCUT2D eigenvalue weighted by Crippen LogP contribution is 2.28. The van der Waals surface area contributed by atoms with E-state index in [1.807, 2.05) is 24.3 Å². The van der Waals surface area contributed by atoms with Gasteiger partial charge in [-0.05, 0) is 56.0 Å². The van der Waals surface area contributed by atoms with Gasteiger partial charge < -0.3 is 15.4 Å². The number of nitrogens with zero attached hydrogens (tertiary/aromatic N) is 2. The second-order valence-electron chi connectivity index (χ2n) is 8.36. The van der Waals surface area contributed by atoms with Crippen molar-refractivity contribution in [1.29, 1.82) is 0 Å². The number of carbonyl (C=O) groups is 2. The second kappa shape index (κ2) is 8.74. The molecule has 1 fully saturated rings. The highest BCUT2D eigenvalue weighted by Gasteiger charge is 2.31. The van der Waals surface area contributed by atoms with Crippen LogP contribution in [0.3, 0.4) is 0 Å². The molecule has 8 heteroatoms. The molecule has 32 heavy (non-hydrogen) atoms. The number of hydrogen-bond acceptors (Lipinski definition) is 5. The highest BCUT2D eigenvalue weighted by molar-refractivity contribution is 6.31. The molecule has 2 N–H and O–H groups in total. The molecule has 1 atom stereocenters. The van der Waals surface area contributed by atoms with Crippen LogP contribution in [0.5, 0.6) is 5.75 Å². The van der Waals surface area contributed by atoms with Crippen molar-refractivity contribution in [2.24, 2.45) is 0 Å². The topological polar surface area (TPSA) is 93.2 Å². The fourth-order valence-electron chi connectivity index (χ4n) is 4.38. The minimum atomic E-state index is -0.500. The Balaban J connectivity index is 1.11. The molecule has 1 aliphatic heterocycles. The van der Waals surface area contributed by atoms with E-state index < -0.39 is 6.10 Å². The maximum Gasteiger partial charge on any atom is 0.270 e. The van der Waals surface area contributed by atoms with E-state index in [9.17, 15) is 9.59 Å². The van der Waals surface area contributed by atoms with Crippen LogP contribution in [0, 0.1) is 0 Å². The minimum absolute atomic E-state index is 0.0661. The molecular formula is C24H23ClN4O3. The van der Waals surface area contributed by atoms with Gasteiger partial charge in [-0.1, -0.05) is 17.7 Å². The Kier molecular flexibility index (Phi) is 5.66. The third-order valence-electron chi connectivity index (χ3n) is 6.13. The number of hydrogen-bond donors (Lipinski definition) is 2. The van der Waals surface area contributed by atoms with Crippen LogP contribution in [0.15, 0.2) is 48.8 Å². The first-order valence-corrected chi connectivity index (χ1v) is 11.2. The average molecular weight is 451 g/mol. The predicted octanol–water partition coefficient (Wildman–Crippen LogP) is 3.44. The summed E-state index contributed by atoms with van der Waals surface area (Å²) in [6.07, 6.45) is 6.64. The fraction of sp³-hybridized carbons (Fsp3) is 0.333. The van der Waals surface area contributed by atoms with Gasteiger partial charge in [-0.3, -0.25) is 14.6 Å². The van der Waals surface area contributed by atoms with Crippen molar-refractivity contribution in [3.05, 3.63) is 65.1 Å². The number of aromatic nitrogens is 2. The molecule has 7 nitrogen and oxygen atoms in total. The van der Waals surface area contributed by atoms with Crippen molar-refractivity contribution < 1.29 is 14.3 Å². The van der Waals surface area contributed by atoms with Crippen molar-refractivity contribution in [2.75, 3.05) is 0 Å². The number of carbonyl (C=O) groups excluding carboxylic acids is 2. The maximum atomic E-state index is 12.7. The minimum Gasteiger partial charge on any atom is -0.478 e. The smallest absolute Gasteiger partial charge is 0.270 e. The van der Waals surface area contributed by atoms with Crippen LogP contribution in [0.2, 0.25) is 5.02 Å². The zero-order valence-electron chi connectivity index (χ0n) is 17.4. The SMILES string of the molecule is O=C(N[C@H]1CC[C@H](NC(=O)C2Cc3ccncc3O2)CC1)c1ccc2cc(Cl)ccc2n1.